The van der Waals surface area contributed by atoms with Gasteiger partial charge in [0.15, 0.2) is 0 Å². The summed E-state index contributed by atoms with van der Waals surface area (Å²) in [6.07, 6.45) is 63.4. The number of ether oxygens (including phenoxy) is 1. The molecule has 0 aromatic rings. The van der Waals surface area contributed by atoms with Crippen molar-refractivity contribution in [2.24, 2.45) is 0 Å². The third-order valence-electron chi connectivity index (χ3n) is 13.0. The molecule has 0 bridgehead atoms. The minimum Gasteiger partial charge on any atom is -0.466 e. The van der Waals surface area contributed by atoms with Crippen LogP contribution in [0.2, 0.25) is 0 Å². The summed E-state index contributed by atoms with van der Waals surface area (Å²) in [5.74, 6) is -0.0683. The topological polar surface area (TPSA) is 95.9 Å². The van der Waals surface area contributed by atoms with Gasteiger partial charge in [-0.3, -0.25) is 9.59 Å². The lowest BCUT2D eigenvalue weighted by Gasteiger charge is -2.20. The van der Waals surface area contributed by atoms with Crippen molar-refractivity contribution in [2.45, 2.75) is 315 Å². The van der Waals surface area contributed by atoms with E-state index in [1.165, 1.54) is 231 Å². The highest BCUT2D eigenvalue weighted by Gasteiger charge is 2.18. The van der Waals surface area contributed by atoms with Crippen LogP contribution in [0.15, 0.2) is 24.3 Å². The lowest BCUT2D eigenvalue weighted by atomic mass is 10.0. The van der Waals surface area contributed by atoms with Crippen molar-refractivity contribution in [2.75, 3.05) is 13.2 Å². The fourth-order valence-corrected chi connectivity index (χ4v) is 8.62. The molecule has 6 heteroatoms. The highest BCUT2D eigenvalue weighted by molar-refractivity contribution is 5.76. The SMILES string of the molecule is CCCC/C=C\CCCCCCCC(=O)OCCCCCCCCCCCCCCCCCCCCCCCC(=O)NC(CO)C(O)/C=C/CCCCCCCCCCCCCC. The van der Waals surface area contributed by atoms with Gasteiger partial charge in [0.25, 0.3) is 0 Å². The van der Waals surface area contributed by atoms with Crippen LogP contribution in [0, 0.1) is 0 Å². The average molecular weight is 889 g/mol. The van der Waals surface area contributed by atoms with Crippen molar-refractivity contribution >= 4 is 11.9 Å². The number of hydrogen-bond donors (Lipinski definition) is 3. The van der Waals surface area contributed by atoms with Gasteiger partial charge < -0.3 is 20.3 Å². The maximum atomic E-state index is 12.4. The van der Waals surface area contributed by atoms with Crippen LogP contribution in [0.25, 0.3) is 0 Å². The summed E-state index contributed by atoms with van der Waals surface area (Å²) in [5, 5.41) is 23.1. The van der Waals surface area contributed by atoms with Gasteiger partial charge in [0, 0.05) is 12.8 Å². The smallest absolute Gasteiger partial charge is 0.305 e. The Hall–Kier alpha value is -1.66. The van der Waals surface area contributed by atoms with Crippen LogP contribution < -0.4 is 5.32 Å². The van der Waals surface area contributed by atoms with Crippen molar-refractivity contribution < 1.29 is 24.5 Å². The first-order chi connectivity index (χ1) is 31.0. The summed E-state index contributed by atoms with van der Waals surface area (Å²) in [4.78, 5) is 24.4. The summed E-state index contributed by atoms with van der Waals surface area (Å²) in [6, 6.07) is -0.627. The Morgan fingerprint density at radius 1 is 0.429 bits per heavy atom. The van der Waals surface area contributed by atoms with E-state index in [0.29, 0.717) is 19.4 Å². The predicted octanol–water partition coefficient (Wildman–Crippen LogP) is 17.1. The van der Waals surface area contributed by atoms with E-state index in [-0.39, 0.29) is 18.5 Å². The van der Waals surface area contributed by atoms with E-state index >= 15 is 0 Å². The Kier molecular flexibility index (Phi) is 51.6. The average Bonchev–Trinajstić information content (AvgIpc) is 3.28. The first-order valence-electron chi connectivity index (χ1n) is 28.1. The second-order valence-electron chi connectivity index (χ2n) is 19.3. The number of hydrogen-bond acceptors (Lipinski definition) is 5. The molecule has 0 heterocycles. The molecule has 0 saturated heterocycles. The van der Waals surface area contributed by atoms with Gasteiger partial charge in [0.05, 0.1) is 25.4 Å². The molecule has 0 aromatic heterocycles. The molecule has 0 aliphatic rings. The van der Waals surface area contributed by atoms with E-state index < -0.39 is 12.1 Å². The number of allylic oxidation sites excluding steroid dienone is 3. The van der Waals surface area contributed by atoms with E-state index in [1.807, 2.05) is 6.08 Å². The molecular weight excluding hydrogens is 779 g/mol. The molecule has 0 radical (unpaired) electrons. The predicted molar refractivity (Wildman–Crippen MR) is 273 cm³/mol. The summed E-state index contributed by atoms with van der Waals surface area (Å²) >= 11 is 0. The van der Waals surface area contributed by atoms with Crippen LogP contribution in [0.3, 0.4) is 0 Å². The van der Waals surface area contributed by atoms with Crippen LogP contribution in [0.1, 0.15) is 303 Å². The van der Waals surface area contributed by atoms with Crippen LogP contribution in [-0.2, 0) is 14.3 Å². The monoisotopic (exact) mass is 888 g/mol. The summed E-state index contributed by atoms with van der Waals surface area (Å²) in [7, 11) is 0. The summed E-state index contributed by atoms with van der Waals surface area (Å²) < 4.78 is 5.45. The minimum absolute atomic E-state index is 0.000157. The van der Waals surface area contributed by atoms with Gasteiger partial charge in [-0.15, -0.1) is 0 Å². The maximum Gasteiger partial charge on any atom is 0.305 e. The van der Waals surface area contributed by atoms with Crippen molar-refractivity contribution in [3.63, 3.8) is 0 Å². The van der Waals surface area contributed by atoms with Gasteiger partial charge in [-0.2, -0.15) is 0 Å². The Morgan fingerprint density at radius 2 is 0.762 bits per heavy atom. The first-order valence-corrected chi connectivity index (χ1v) is 28.1. The molecule has 372 valence electrons. The quantitative estimate of drug-likeness (QED) is 0.0321. The Labute approximate surface area is 392 Å². The number of carbonyl (C=O) groups is 2. The third kappa shape index (κ3) is 49.6. The van der Waals surface area contributed by atoms with E-state index in [9.17, 15) is 19.8 Å². The van der Waals surface area contributed by atoms with Crippen molar-refractivity contribution in [1.29, 1.82) is 0 Å². The molecule has 1 amide bonds. The maximum absolute atomic E-state index is 12.4. The molecule has 0 fully saturated rings. The number of carbonyl (C=O) groups excluding carboxylic acids is 2. The molecule has 3 N–H and O–H groups in total. The van der Waals surface area contributed by atoms with E-state index in [0.717, 1.165) is 44.9 Å². The van der Waals surface area contributed by atoms with Gasteiger partial charge in [0.2, 0.25) is 5.91 Å². The molecule has 0 spiro atoms. The van der Waals surface area contributed by atoms with Crippen LogP contribution in [0.5, 0.6) is 0 Å². The van der Waals surface area contributed by atoms with Gasteiger partial charge >= 0.3 is 5.97 Å². The minimum atomic E-state index is -0.844. The molecule has 0 aromatic carbocycles. The lowest BCUT2D eigenvalue weighted by Crippen LogP contribution is -2.45. The lowest BCUT2D eigenvalue weighted by molar-refractivity contribution is -0.143. The van der Waals surface area contributed by atoms with Gasteiger partial charge in [0.1, 0.15) is 0 Å². The fourth-order valence-electron chi connectivity index (χ4n) is 8.62. The van der Waals surface area contributed by atoms with Gasteiger partial charge in [-0.05, 0) is 51.4 Å². The molecule has 0 saturated carbocycles. The highest BCUT2D eigenvalue weighted by Crippen LogP contribution is 2.17. The zero-order chi connectivity index (χ0) is 45.8. The molecule has 6 nitrogen and oxygen atoms in total. The van der Waals surface area contributed by atoms with Gasteiger partial charge in [-0.1, -0.05) is 263 Å². The highest BCUT2D eigenvalue weighted by atomic mass is 16.5. The second kappa shape index (κ2) is 53.0. The Balaban J connectivity index is 3.41. The fraction of sp³-hybridized carbons (Fsp3) is 0.895. The van der Waals surface area contributed by atoms with Crippen molar-refractivity contribution in [3.05, 3.63) is 24.3 Å². The summed E-state index contributed by atoms with van der Waals surface area (Å²) in [5.41, 5.74) is 0. The van der Waals surface area contributed by atoms with E-state index in [4.69, 9.17) is 4.74 Å². The zero-order valence-corrected chi connectivity index (χ0v) is 42.3. The third-order valence-corrected chi connectivity index (χ3v) is 13.0. The van der Waals surface area contributed by atoms with Crippen LogP contribution in [-0.4, -0.2) is 47.4 Å². The largest absolute Gasteiger partial charge is 0.466 e. The number of amides is 1. The molecule has 0 aliphatic carbocycles. The van der Waals surface area contributed by atoms with E-state index in [2.05, 4.69) is 31.3 Å². The molecule has 63 heavy (non-hydrogen) atoms. The molecule has 2 unspecified atom stereocenters. The number of unbranched alkanes of at least 4 members (excludes halogenated alkanes) is 39. The van der Waals surface area contributed by atoms with E-state index in [1.54, 1.807) is 6.08 Å². The first kappa shape index (κ1) is 61.3. The van der Waals surface area contributed by atoms with Gasteiger partial charge in [-0.25, -0.2) is 0 Å². The van der Waals surface area contributed by atoms with Crippen molar-refractivity contribution in [1.82, 2.24) is 5.32 Å². The number of esters is 1. The number of aliphatic hydroxyl groups is 2. The molecule has 0 aliphatic heterocycles. The number of rotatable bonds is 52. The molecule has 0 rings (SSSR count). The van der Waals surface area contributed by atoms with Crippen LogP contribution in [0.4, 0.5) is 0 Å². The second-order valence-corrected chi connectivity index (χ2v) is 19.3. The number of nitrogens with one attached hydrogen (secondary N) is 1. The Morgan fingerprint density at radius 3 is 1.17 bits per heavy atom. The normalized spacial score (nSPS) is 12.8. The number of aliphatic hydroxyl groups excluding tert-OH is 2. The van der Waals surface area contributed by atoms with Crippen molar-refractivity contribution in [3.8, 4) is 0 Å². The standard InChI is InChI=1S/C57H109NO5/c1-3-5-7-9-11-13-15-16-26-30-33-37-41-45-49-55(60)54(53-59)58-56(61)50-46-42-38-34-31-27-24-22-20-18-17-19-21-23-25-28-32-36-40-44-48-52-63-57(62)51-47-43-39-35-29-14-12-10-8-6-4-2/h10,12,45,49,54-55,59-60H,3-9,11,13-44,46-48,50-53H2,1-2H3,(H,58,61)/b12-10-,49-45+. The molecule has 2 atom stereocenters. The van der Waals surface area contributed by atoms with Crippen LogP contribution >= 0.6 is 0 Å². The molecular formula is C57H109NO5. The Bertz CT molecular complexity index is 982. The zero-order valence-electron chi connectivity index (χ0n) is 42.3. The summed E-state index contributed by atoms with van der Waals surface area (Å²) in [6.45, 7) is 4.87.